The van der Waals surface area contributed by atoms with Gasteiger partial charge < -0.3 is 10.6 Å². The SMILES string of the molecule is [2H]C([2H])([2H])NC(=O)c1nnccc1Nc1ncccc1SC. The molecule has 0 saturated heterocycles. The minimum atomic E-state index is -2.60. The quantitative estimate of drug-likeness (QED) is 0.829. The van der Waals surface area contributed by atoms with Gasteiger partial charge in [0.2, 0.25) is 0 Å². The fraction of sp³-hybridized carbons (Fsp3) is 0.167. The molecule has 98 valence electrons. The second kappa shape index (κ2) is 6.14. The van der Waals surface area contributed by atoms with Crippen molar-refractivity contribution in [2.45, 2.75) is 4.90 Å². The highest BCUT2D eigenvalue weighted by Crippen LogP contribution is 2.26. The predicted octanol–water partition coefficient (Wildman–Crippen LogP) is 1.70. The summed E-state index contributed by atoms with van der Waals surface area (Å²) in [6.07, 6.45) is 4.91. The Morgan fingerprint density at radius 2 is 2.32 bits per heavy atom. The smallest absolute Gasteiger partial charge is 0.273 e. The zero-order valence-electron chi connectivity index (χ0n) is 13.0. The Kier molecular flexibility index (Phi) is 3.15. The van der Waals surface area contributed by atoms with Gasteiger partial charge in [-0.05, 0) is 24.5 Å². The first-order valence-electron chi connectivity index (χ1n) is 6.81. The number of nitrogens with zero attached hydrogens (tertiary/aromatic N) is 3. The number of nitrogens with one attached hydrogen (secondary N) is 2. The van der Waals surface area contributed by atoms with Crippen molar-refractivity contribution in [1.82, 2.24) is 20.5 Å². The number of hydrogen-bond donors (Lipinski definition) is 2. The molecule has 2 aromatic heterocycles. The summed E-state index contributed by atoms with van der Waals surface area (Å²) in [5, 5.41) is 12.2. The molecule has 2 N–H and O–H groups in total. The Morgan fingerprint density at radius 3 is 3.11 bits per heavy atom. The predicted molar refractivity (Wildman–Crippen MR) is 74.7 cm³/mol. The van der Waals surface area contributed by atoms with Crippen molar-refractivity contribution >= 4 is 29.2 Å². The van der Waals surface area contributed by atoms with Crippen LogP contribution in [0.3, 0.4) is 0 Å². The van der Waals surface area contributed by atoms with Gasteiger partial charge in [0.25, 0.3) is 5.91 Å². The topological polar surface area (TPSA) is 79.8 Å². The molecule has 0 spiro atoms. The zero-order valence-corrected chi connectivity index (χ0v) is 10.9. The van der Waals surface area contributed by atoms with Gasteiger partial charge in [0.05, 0.1) is 11.9 Å². The van der Waals surface area contributed by atoms with Crippen molar-refractivity contribution in [2.24, 2.45) is 0 Å². The molecule has 0 aliphatic heterocycles. The highest BCUT2D eigenvalue weighted by atomic mass is 32.2. The lowest BCUT2D eigenvalue weighted by atomic mass is 10.3. The molecule has 2 aromatic rings. The number of thioether (sulfide) groups is 1. The lowest BCUT2D eigenvalue weighted by molar-refractivity contribution is 0.0958. The molecule has 2 heterocycles. The molecule has 2 rings (SSSR count). The molecular weight excluding hydrogens is 262 g/mol. The van der Waals surface area contributed by atoms with E-state index in [1.165, 1.54) is 24.0 Å². The van der Waals surface area contributed by atoms with Crippen LogP contribution in [0.2, 0.25) is 0 Å². The average Bonchev–Trinajstić information content (AvgIpc) is 2.46. The molecular formula is C12H13N5OS. The second-order valence-corrected chi connectivity index (χ2v) is 4.27. The normalized spacial score (nSPS) is 13.0. The van der Waals surface area contributed by atoms with Crippen LogP contribution >= 0.6 is 11.8 Å². The molecule has 7 heteroatoms. The summed E-state index contributed by atoms with van der Waals surface area (Å²) in [5.41, 5.74) is 0.210. The van der Waals surface area contributed by atoms with Crippen LogP contribution in [-0.4, -0.2) is 34.3 Å². The number of aromatic nitrogens is 3. The molecule has 1 amide bonds. The molecule has 6 nitrogen and oxygen atoms in total. The van der Waals surface area contributed by atoms with Crippen LogP contribution in [0, 0.1) is 0 Å². The van der Waals surface area contributed by atoms with E-state index in [1.54, 1.807) is 12.3 Å². The Labute approximate surface area is 119 Å². The molecule has 0 aliphatic rings. The van der Waals surface area contributed by atoms with Gasteiger partial charge in [-0.1, -0.05) is 0 Å². The van der Waals surface area contributed by atoms with Gasteiger partial charge >= 0.3 is 0 Å². The van der Waals surface area contributed by atoms with Crippen LogP contribution in [-0.2, 0) is 0 Å². The summed E-state index contributed by atoms with van der Waals surface area (Å²) in [6.45, 7) is -2.60. The lowest BCUT2D eigenvalue weighted by Crippen LogP contribution is -2.21. The third-order valence-corrected chi connectivity index (χ3v) is 3.06. The van der Waals surface area contributed by atoms with Gasteiger partial charge in [-0.25, -0.2) is 4.98 Å². The Morgan fingerprint density at radius 1 is 1.42 bits per heavy atom. The maximum atomic E-state index is 12.0. The highest BCUT2D eigenvalue weighted by Gasteiger charge is 2.13. The van der Waals surface area contributed by atoms with E-state index in [0.29, 0.717) is 11.5 Å². The molecule has 0 radical (unpaired) electrons. The Balaban J connectivity index is 2.31. The van der Waals surface area contributed by atoms with Crippen LogP contribution in [0.1, 0.15) is 14.6 Å². The molecule has 0 bridgehead atoms. The van der Waals surface area contributed by atoms with E-state index < -0.39 is 12.9 Å². The van der Waals surface area contributed by atoms with Crippen molar-refractivity contribution in [1.29, 1.82) is 0 Å². The number of carbonyl (C=O) groups excluding carboxylic acids is 1. The summed E-state index contributed by atoms with van der Waals surface area (Å²) in [6, 6.07) is 5.20. The van der Waals surface area contributed by atoms with Gasteiger partial charge in [0.15, 0.2) is 5.69 Å². The third kappa shape index (κ3) is 3.00. The number of amides is 1. The summed E-state index contributed by atoms with van der Waals surface area (Å²) >= 11 is 1.49. The summed E-state index contributed by atoms with van der Waals surface area (Å²) in [4.78, 5) is 17.1. The Bertz CT molecular complexity index is 680. The van der Waals surface area contributed by atoms with Gasteiger partial charge in [0.1, 0.15) is 5.82 Å². The van der Waals surface area contributed by atoms with Crippen LogP contribution in [0.4, 0.5) is 11.5 Å². The van der Waals surface area contributed by atoms with Gasteiger partial charge in [-0.15, -0.1) is 16.9 Å². The van der Waals surface area contributed by atoms with Crippen molar-refractivity contribution in [2.75, 3.05) is 18.5 Å². The number of anilines is 2. The number of carbonyl (C=O) groups is 1. The molecule has 0 saturated carbocycles. The molecule has 0 aliphatic carbocycles. The van der Waals surface area contributed by atoms with Gasteiger partial charge in [-0.3, -0.25) is 4.79 Å². The van der Waals surface area contributed by atoms with Crippen molar-refractivity contribution < 1.29 is 8.91 Å². The second-order valence-electron chi connectivity index (χ2n) is 3.43. The van der Waals surface area contributed by atoms with E-state index >= 15 is 0 Å². The van der Waals surface area contributed by atoms with E-state index in [0.717, 1.165) is 4.90 Å². The standard InChI is InChI=1S/C12H13N5OS/c1-13-12(18)10-8(5-7-15-17-10)16-11-9(19-2)4-3-6-14-11/h3-7H,1-2H3,(H,13,18)(H,14,15,16)/i1D3. The van der Waals surface area contributed by atoms with E-state index in [9.17, 15) is 4.79 Å². The van der Waals surface area contributed by atoms with Gasteiger partial charge in [0, 0.05) is 22.2 Å². The fourth-order valence-corrected chi connectivity index (χ4v) is 1.95. The third-order valence-electron chi connectivity index (χ3n) is 2.29. The lowest BCUT2D eigenvalue weighted by Gasteiger charge is -2.11. The Hall–Kier alpha value is -2.15. The van der Waals surface area contributed by atoms with E-state index in [1.807, 2.05) is 17.6 Å². The largest absolute Gasteiger partial charge is 0.354 e. The highest BCUT2D eigenvalue weighted by molar-refractivity contribution is 7.98. The van der Waals surface area contributed by atoms with Crippen molar-refractivity contribution in [3.63, 3.8) is 0 Å². The van der Waals surface area contributed by atoms with Gasteiger partial charge in [-0.2, -0.15) is 5.10 Å². The maximum Gasteiger partial charge on any atom is 0.273 e. The van der Waals surface area contributed by atoms with Crippen LogP contribution in [0.25, 0.3) is 0 Å². The van der Waals surface area contributed by atoms with E-state index in [2.05, 4.69) is 20.5 Å². The number of pyridine rings is 1. The first-order valence-corrected chi connectivity index (χ1v) is 6.53. The zero-order chi connectivity index (χ0) is 16.2. The van der Waals surface area contributed by atoms with Crippen molar-refractivity contribution in [3.8, 4) is 0 Å². The van der Waals surface area contributed by atoms with E-state index in [-0.39, 0.29) is 5.69 Å². The summed E-state index contributed by atoms with van der Waals surface area (Å²) < 4.78 is 21.3. The van der Waals surface area contributed by atoms with Crippen LogP contribution < -0.4 is 10.6 Å². The minimum absolute atomic E-state index is 0.115. The molecule has 0 atom stereocenters. The molecule has 19 heavy (non-hydrogen) atoms. The summed E-state index contributed by atoms with van der Waals surface area (Å²) in [5.74, 6) is -0.289. The molecule has 0 unspecified atom stereocenters. The molecule has 0 fully saturated rings. The average molecular weight is 278 g/mol. The first kappa shape index (κ1) is 9.74. The fourth-order valence-electron chi connectivity index (χ4n) is 1.44. The summed E-state index contributed by atoms with van der Waals surface area (Å²) in [7, 11) is 0. The van der Waals surface area contributed by atoms with Crippen LogP contribution in [0.5, 0.6) is 0 Å². The number of rotatable bonds is 4. The van der Waals surface area contributed by atoms with Crippen LogP contribution in [0.15, 0.2) is 35.5 Å². The molecule has 0 aromatic carbocycles. The van der Waals surface area contributed by atoms with Crippen molar-refractivity contribution in [3.05, 3.63) is 36.3 Å². The minimum Gasteiger partial charge on any atom is -0.354 e. The number of hydrogen-bond acceptors (Lipinski definition) is 6. The first-order chi connectivity index (χ1) is 10.4. The van der Waals surface area contributed by atoms with E-state index in [4.69, 9.17) is 4.11 Å². The maximum absolute atomic E-state index is 12.0. The monoisotopic (exact) mass is 278 g/mol.